The molecule has 3 heterocycles. The summed E-state index contributed by atoms with van der Waals surface area (Å²) in [6.07, 6.45) is -2.62. The highest BCUT2D eigenvalue weighted by Gasteiger charge is 2.65. The Morgan fingerprint density at radius 2 is 2.03 bits per heavy atom. The number of nitrogens with zero attached hydrogens (tertiary/aromatic N) is 4. The number of hydrogen-bond acceptors (Lipinski definition) is 8. The second kappa shape index (κ2) is 7.50. The van der Waals surface area contributed by atoms with E-state index in [-0.39, 0.29) is 11.2 Å². The molecule has 31 heavy (non-hydrogen) atoms. The van der Waals surface area contributed by atoms with Crippen molar-refractivity contribution in [2.24, 2.45) is 0 Å². The first-order chi connectivity index (χ1) is 14.7. The highest BCUT2D eigenvalue weighted by atomic mass is 19.2. The van der Waals surface area contributed by atoms with Gasteiger partial charge in [0.15, 0.2) is 41.6 Å². The lowest BCUT2D eigenvalue weighted by molar-refractivity contribution is -0.206. The maximum atomic E-state index is 15.5. The van der Waals surface area contributed by atoms with E-state index in [0.29, 0.717) is 17.2 Å². The fourth-order valence-electron chi connectivity index (χ4n) is 3.56. The molecule has 9 nitrogen and oxygen atoms in total. The molecular weight excluding hydrogens is 412 g/mol. The van der Waals surface area contributed by atoms with E-state index < -0.39 is 36.4 Å². The standard InChI is InChI=1S/C20H21F2N5O4/c1-11-25-14(23-3)13-15(26-11)27(10-24-13)18-19(2,21)17(29)20(22,31-18)9-30-16(28)12-7-5-4-6-8-12/h4-8,10,17-18,29H,9H2,1-3H3,(H,23,25,26)/t17-,18+,19+,20+/m0/s1. The van der Waals surface area contributed by atoms with E-state index in [1.165, 1.54) is 23.0 Å². The van der Waals surface area contributed by atoms with Gasteiger partial charge in [0.1, 0.15) is 5.82 Å². The number of aliphatic hydroxyl groups is 1. The Kier molecular flexibility index (Phi) is 5.10. The van der Waals surface area contributed by atoms with Crippen LogP contribution >= 0.6 is 0 Å². The molecule has 1 aliphatic heterocycles. The summed E-state index contributed by atoms with van der Waals surface area (Å²) < 4.78 is 42.5. The van der Waals surface area contributed by atoms with E-state index in [4.69, 9.17) is 9.47 Å². The number of ether oxygens (including phenoxy) is 2. The van der Waals surface area contributed by atoms with E-state index in [9.17, 15) is 9.90 Å². The minimum atomic E-state index is -2.98. The zero-order valence-electron chi connectivity index (χ0n) is 17.0. The molecular formula is C20H21F2N5O4. The Morgan fingerprint density at radius 1 is 1.32 bits per heavy atom. The number of aryl methyl sites for hydroxylation is 1. The van der Waals surface area contributed by atoms with Crippen LogP contribution < -0.4 is 5.32 Å². The van der Waals surface area contributed by atoms with Crippen LogP contribution in [0.4, 0.5) is 14.6 Å². The molecule has 1 saturated heterocycles. The van der Waals surface area contributed by atoms with Gasteiger partial charge in [0, 0.05) is 7.05 Å². The number of alkyl halides is 2. The molecule has 1 aromatic carbocycles. The van der Waals surface area contributed by atoms with Crippen LogP contribution in [0.5, 0.6) is 0 Å². The molecule has 4 atom stereocenters. The van der Waals surface area contributed by atoms with Gasteiger partial charge in [-0.05, 0) is 26.0 Å². The third-order valence-corrected chi connectivity index (χ3v) is 5.17. The topological polar surface area (TPSA) is 111 Å². The van der Waals surface area contributed by atoms with Crippen molar-refractivity contribution in [3.8, 4) is 0 Å². The number of fused-ring (bicyclic) bond motifs is 1. The second-order valence-corrected chi connectivity index (χ2v) is 7.45. The summed E-state index contributed by atoms with van der Waals surface area (Å²) >= 11 is 0. The summed E-state index contributed by atoms with van der Waals surface area (Å²) in [6.45, 7) is 1.64. The quantitative estimate of drug-likeness (QED) is 0.590. The fraction of sp³-hybridized carbons (Fsp3) is 0.400. The lowest BCUT2D eigenvalue weighted by Crippen LogP contribution is -2.47. The second-order valence-electron chi connectivity index (χ2n) is 7.45. The van der Waals surface area contributed by atoms with E-state index >= 15 is 8.78 Å². The van der Waals surface area contributed by atoms with Crippen molar-refractivity contribution in [1.29, 1.82) is 0 Å². The first-order valence-corrected chi connectivity index (χ1v) is 9.52. The molecule has 4 rings (SSSR count). The fourth-order valence-corrected chi connectivity index (χ4v) is 3.56. The van der Waals surface area contributed by atoms with Crippen molar-refractivity contribution < 1.29 is 28.2 Å². The Labute approximate surface area is 176 Å². The molecule has 0 bridgehead atoms. The van der Waals surface area contributed by atoms with Crippen molar-refractivity contribution in [1.82, 2.24) is 19.5 Å². The van der Waals surface area contributed by atoms with Crippen LogP contribution in [-0.4, -0.2) is 61.9 Å². The maximum Gasteiger partial charge on any atom is 0.338 e. The average Bonchev–Trinajstić information content (AvgIpc) is 3.25. The maximum absolute atomic E-state index is 15.5. The summed E-state index contributed by atoms with van der Waals surface area (Å²) in [5, 5.41) is 13.3. The molecule has 0 aliphatic carbocycles. The van der Waals surface area contributed by atoms with E-state index in [0.717, 1.165) is 6.92 Å². The number of aliphatic hydroxyl groups excluding tert-OH is 1. The highest BCUT2D eigenvalue weighted by molar-refractivity contribution is 5.89. The van der Waals surface area contributed by atoms with Crippen molar-refractivity contribution in [3.63, 3.8) is 0 Å². The number of imidazole rings is 1. The first kappa shape index (κ1) is 21.1. The van der Waals surface area contributed by atoms with E-state index in [2.05, 4.69) is 20.3 Å². The van der Waals surface area contributed by atoms with Gasteiger partial charge in [-0.25, -0.2) is 28.5 Å². The van der Waals surface area contributed by atoms with E-state index in [1.54, 1.807) is 32.2 Å². The number of esters is 1. The Bertz CT molecular complexity index is 1120. The zero-order chi connectivity index (χ0) is 22.4. The number of aromatic nitrogens is 4. The van der Waals surface area contributed by atoms with Crippen LogP contribution in [0.15, 0.2) is 36.7 Å². The van der Waals surface area contributed by atoms with Gasteiger partial charge < -0.3 is 19.9 Å². The molecule has 2 aromatic heterocycles. The van der Waals surface area contributed by atoms with Crippen LogP contribution in [-0.2, 0) is 9.47 Å². The van der Waals surface area contributed by atoms with Crippen molar-refractivity contribution >= 4 is 23.0 Å². The first-order valence-electron chi connectivity index (χ1n) is 9.52. The molecule has 0 radical (unpaired) electrons. The Balaban J connectivity index is 1.63. The third-order valence-electron chi connectivity index (χ3n) is 5.17. The molecule has 0 amide bonds. The molecule has 0 unspecified atom stereocenters. The lowest BCUT2D eigenvalue weighted by Gasteiger charge is -2.25. The average molecular weight is 433 g/mol. The number of hydrogen-bond donors (Lipinski definition) is 2. The number of carbonyl (C=O) groups excluding carboxylic acids is 1. The monoisotopic (exact) mass is 433 g/mol. The highest BCUT2D eigenvalue weighted by Crippen LogP contribution is 2.48. The van der Waals surface area contributed by atoms with Crippen LogP contribution in [0.1, 0.15) is 29.3 Å². The summed E-state index contributed by atoms with van der Waals surface area (Å²) in [5.41, 5.74) is -1.87. The minimum absolute atomic E-state index is 0.186. The molecule has 11 heteroatoms. The van der Waals surface area contributed by atoms with Crippen molar-refractivity contribution in [3.05, 3.63) is 48.0 Å². The zero-order valence-corrected chi connectivity index (χ0v) is 17.0. The van der Waals surface area contributed by atoms with Gasteiger partial charge in [0.05, 0.1) is 11.9 Å². The Hall–Kier alpha value is -3.18. The number of rotatable bonds is 5. The summed E-state index contributed by atoms with van der Waals surface area (Å²) in [4.78, 5) is 24.8. The van der Waals surface area contributed by atoms with Gasteiger partial charge in [-0.3, -0.25) is 4.57 Å². The minimum Gasteiger partial charge on any atom is -0.456 e. The van der Waals surface area contributed by atoms with Crippen LogP contribution in [0.25, 0.3) is 11.2 Å². The number of nitrogens with one attached hydrogen (secondary N) is 1. The van der Waals surface area contributed by atoms with Gasteiger partial charge in [0.2, 0.25) is 0 Å². The third kappa shape index (κ3) is 3.49. The predicted molar refractivity (Wildman–Crippen MR) is 106 cm³/mol. The summed E-state index contributed by atoms with van der Waals surface area (Å²) in [5.74, 6) is -3.03. The molecule has 1 aliphatic rings. The van der Waals surface area contributed by atoms with Crippen LogP contribution in [0.2, 0.25) is 0 Å². The number of anilines is 1. The normalized spacial score (nSPS) is 28.1. The van der Waals surface area contributed by atoms with Crippen LogP contribution in [0, 0.1) is 6.92 Å². The largest absolute Gasteiger partial charge is 0.456 e. The number of benzene rings is 1. The van der Waals surface area contributed by atoms with Gasteiger partial charge in [0.25, 0.3) is 5.85 Å². The smallest absolute Gasteiger partial charge is 0.338 e. The molecule has 0 spiro atoms. The van der Waals surface area contributed by atoms with Crippen molar-refractivity contribution in [2.45, 2.75) is 37.7 Å². The molecule has 3 aromatic rings. The summed E-state index contributed by atoms with van der Waals surface area (Å²) in [7, 11) is 1.64. The number of carbonyl (C=O) groups is 1. The lowest BCUT2D eigenvalue weighted by atomic mass is 9.97. The van der Waals surface area contributed by atoms with E-state index in [1.807, 2.05) is 0 Å². The summed E-state index contributed by atoms with van der Waals surface area (Å²) in [6, 6.07) is 7.91. The molecule has 164 valence electrons. The van der Waals surface area contributed by atoms with Gasteiger partial charge >= 0.3 is 5.97 Å². The molecule has 1 fully saturated rings. The van der Waals surface area contributed by atoms with Crippen molar-refractivity contribution in [2.75, 3.05) is 19.0 Å². The van der Waals surface area contributed by atoms with Crippen LogP contribution in [0.3, 0.4) is 0 Å². The SMILES string of the molecule is CNc1nc(C)nc2c1ncn2[C@@H]1O[C@](F)(COC(=O)c2ccccc2)[C@@H](O)[C@@]1(C)F. The molecule has 2 N–H and O–H groups in total. The van der Waals surface area contributed by atoms with Gasteiger partial charge in [-0.1, -0.05) is 18.2 Å². The Morgan fingerprint density at radius 3 is 2.71 bits per heavy atom. The predicted octanol–water partition coefficient (Wildman–Crippen LogP) is 2.32. The molecule has 0 saturated carbocycles. The van der Waals surface area contributed by atoms with Gasteiger partial charge in [-0.15, -0.1) is 0 Å². The number of halogens is 2. The van der Waals surface area contributed by atoms with Gasteiger partial charge in [-0.2, -0.15) is 0 Å².